The van der Waals surface area contributed by atoms with Crippen molar-refractivity contribution in [3.63, 3.8) is 0 Å². The summed E-state index contributed by atoms with van der Waals surface area (Å²) in [5.41, 5.74) is 0.360. The van der Waals surface area contributed by atoms with Gasteiger partial charge >= 0.3 is 5.97 Å². The second kappa shape index (κ2) is 5.43. The molecule has 0 radical (unpaired) electrons. The van der Waals surface area contributed by atoms with E-state index in [0.717, 1.165) is 12.3 Å². The van der Waals surface area contributed by atoms with Crippen molar-refractivity contribution in [2.45, 2.75) is 6.54 Å². The van der Waals surface area contributed by atoms with Crippen molar-refractivity contribution in [3.05, 3.63) is 59.3 Å². The molecule has 0 spiro atoms. The second-order valence-corrected chi connectivity index (χ2v) is 3.84. The van der Waals surface area contributed by atoms with Gasteiger partial charge in [-0.2, -0.15) is 0 Å². The normalized spacial score (nSPS) is 10.2. The van der Waals surface area contributed by atoms with E-state index in [1.165, 1.54) is 12.1 Å². The maximum Gasteiger partial charge on any atom is 0.339 e. The molecule has 0 aliphatic rings. The van der Waals surface area contributed by atoms with Crippen LogP contribution in [0, 0.1) is 11.6 Å². The minimum Gasteiger partial charge on any atom is -0.478 e. The topological polar surface area (TPSA) is 62.2 Å². The highest BCUT2D eigenvalue weighted by molar-refractivity contribution is 5.93. The number of halogens is 2. The fraction of sp³-hybridized carbons (Fsp3) is 0.0769. The quantitative estimate of drug-likeness (QED) is 0.891. The van der Waals surface area contributed by atoms with Crippen molar-refractivity contribution in [1.29, 1.82) is 0 Å². The third kappa shape index (κ3) is 3.25. The summed E-state index contributed by atoms with van der Waals surface area (Å²) < 4.78 is 25.9. The third-order valence-corrected chi connectivity index (χ3v) is 2.43. The van der Waals surface area contributed by atoms with Gasteiger partial charge in [0.15, 0.2) is 0 Å². The molecule has 98 valence electrons. The summed E-state index contributed by atoms with van der Waals surface area (Å²) in [6.07, 6.45) is 0.917. The first-order valence-electron chi connectivity index (χ1n) is 5.43. The zero-order valence-corrected chi connectivity index (χ0v) is 9.73. The summed E-state index contributed by atoms with van der Waals surface area (Å²) in [5, 5.41) is 11.7. The van der Waals surface area contributed by atoms with Crippen LogP contribution in [0.4, 0.5) is 14.6 Å². The molecule has 19 heavy (non-hydrogen) atoms. The van der Waals surface area contributed by atoms with Crippen LogP contribution in [0.1, 0.15) is 15.9 Å². The van der Waals surface area contributed by atoms with Crippen LogP contribution in [-0.4, -0.2) is 16.1 Å². The molecule has 0 aliphatic heterocycles. The molecule has 0 saturated heterocycles. The van der Waals surface area contributed by atoms with Gasteiger partial charge in [0.1, 0.15) is 23.0 Å². The summed E-state index contributed by atoms with van der Waals surface area (Å²) in [6, 6.07) is 6.73. The molecule has 4 nitrogen and oxygen atoms in total. The second-order valence-electron chi connectivity index (χ2n) is 3.84. The number of nitrogens with one attached hydrogen (secondary N) is 1. The maximum absolute atomic E-state index is 13.0. The smallest absolute Gasteiger partial charge is 0.339 e. The first-order valence-corrected chi connectivity index (χ1v) is 5.43. The summed E-state index contributed by atoms with van der Waals surface area (Å²) in [4.78, 5) is 14.6. The molecular formula is C13H10F2N2O2. The van der Waals surface area contributed by atoms with E-state index < -0.39 is 11.8 Å². The van der Waals surface area contributed by atoms with Gasteiger partial charge in [0.2, 0.25) is 0 Å². The van der Waals surface area contributed by atoms with Gasteiger partial charge in [0.05, 0.1) is 6.20 Å². The van der Waals surface area contributed by atoms with Crippen LogP contribution in [0.5, 0.6) is 0 Å². The van der Waals surface area contributed by atoms with Crippen LogP contribution in [-0.2, 0) is 6.54 Å². The minimum atomic E-state index is -1.28. The molecule has 0 atom stereocenters. The predicted octanol–water partition coefficient (Wildman–Crippen LogP) is 2.67. The Kier molecular flexibility index (Phi) is 3.70. The highest BCUT2D eigenvalue weighted by Gasteiger charge is 2.12. The number of benzene rings is 1. The van der Waals surface area contributed by atoms with Crippen molar-refractivity contribution in [3.8, 4) is 0 Å². The molecule has 0 unspecified atom stereocenters. The Labute approximate surface area is 107 Å². The Bertz CT molecular complexity index is 617. The lowest BCUT2D eigenvalue weighted by Gasteiger charge is -2.08. The molecule has 0 aliphatic carbocycles. The van der Waals surface area contributed by atoms with Gasteiger partial charge < -0.3 is 10.4 Å². The van der Waals surface area contributed by atoms with E-state index in [1.807, 2.05) is 0 Å². The number of carboxylic acid groups (broad SMARTS) is 1. The number of aromatic nitrogens is 1. The number of aromatic carboxylic acids is 1. The summed E-state index contributed by atoms with van der Waals surface area (Å²) in [6.45, 7) is 0.191. The van der Waals surface area contributed by atoms with Gasteiger partial charge in [-0.3, -0.25) is 0 Å². The minimum absolute atomic E-state index is 0.0400. The van der Waals surface area contributed by atoms with Crippen molar-refractivity contribution in [2.24, 2.45) is 0 Å². The van der Waals surface area contributed by atoms with Gasteiger partial charge in [-0.15, -0.1) is 0 Å². The van der Waals surface area contributed by atoms with Crippen LogP contribution in [0.15, 0.2) is 36.5 Å². The molecule has 1 aromatic heterocycles. The first-order chi connectivity index (χ1) is 9.06. The van der Waals surface area contributed by atoms with E-state index in [1.54, 1.807) is 12.1 Å². The molecule has 6 heteroatoms. The summed E-state index contributed by atoms with van der Waals surface area (Å²) >= 11 is 0. The number of hydrogen-bond acceptors (Lipinski definition) is 3. The maximum atomic E-state index is 13.0. The highest BCUT2D eigenvalue weighted by Crippen LogP contribution is 2.15. The van der Waals surface area contributed by atoms with E-state index in [9.17, 15) is 13.6 Å². The lowest BCUT2D eigenvalue weighted by molar-refractivity contribution is 0.0697. The van der Waals surface area contributed by atoms with Gasteiger partial charge in [0, 0.05) is 6.54 Å². The van der Waals surface area contributed by atoms with E-state index in [4.69, 9.17) is 5.11 Å². The highest BCUT2D eigenvalue weighted by atomic mass is 19.1. The van der Waals surface area contributed by atoms with Crippen molar-refractivity contribution >= 4 is 11.8 Å². The van der Waals surface area contributed by atoms with Crippen LogP contribution < -0.4 is 5.32 Å². The van der Waals surface area contributed by atoms with Crippen LogP contribution in [0.25, 0.3) is 0 Å². The summed E-state index contributed by atoms with van der Waals surface area (Å²) in [7, 11) is 0. The van der Waals surface area contributed by atoms with Crippen molar-refractivity contribution in [1.82, 2.24) is 4.98 Å². The number of rotatable bonds is 4. The number of nitrogens with zero attached hydrogens (tertiary/aromatic N) is 1. The standard InChI is InChI=1S/C13H10F2N2O2/c14-9-3-1-2-8(4-9)6-16-12-11(13(18)19)5-10(15)7-17-12/h1-5,7H,6H2,(H,16,17)(H,18,19). The van der Waals surface area contributed by atoms with Gasteiger partial charge in [-0.05, 0) is 23.8 Å². The number of anilines is 1. The molecule has 2 N–H and O–H groups in total. The molecule has 0 bridgehead atoms. The zero-order chi connectivity index (χ0) is 13.8. The monoisotopic (exact) mass is 264 g/mol. The Hall–Kier alpha value is -2.50. The first kappa shape index (κ1) is 12.9. The van der Waals surface area contributed by atoms with Crippen LogP contribution >= 0.6 is 0 Å². The van der Waals surface area contributed by atoms with E-state index in [-0.39, 0.29) is 23.7 Å². The average Bonchev–Trinajstić information content (AvgIpc) is 2.37. The fourth-order valence-electron chi connectivity index (χ4n) is 1.58. The fourth-order valence-corrected chi connectivity index (χ4v) is 1.58. The predicted molar refractivity (Wildman–Crippen MR) is 64.9 cm³/mol. The Morgan fingerprint density at radius 3 is 2.74 bits per heavy atom. The van der Waals surface area contributed by atoms with Gasteiger partial charge in [-0.1, -0.05) is 12.1 Å². The molecule has 0 amide bonds. The largest absolute Gasteiger partial charge is 0.478 e. The molecule has 2 aromatic rings. The number of pyridine rings is 1. The number of carbonyl (C=O) groups is 1. The molecule has 1 aromatic carbocycles. The zero-order valence-electron chi connectivity index (χ0n) is 9.73. The molecular weight excluding hydrogens is 254 g/mol. The molecule has 1 heterocycles. The van der Waals surface area contributed by atoms with E-state index in [0.29, 0.717) is 5.56 Å². The van der Waals surface area contributed by atoms with E-state index in [2.05, 4.69) is 10.3 Å². The van der Waals surface area contributed by atoms with Gasteiger partial charge in [0.25, 0.3) is 0 Å². The van der Waals surface area contributed by atoms with Gasteiger partial charge in [-0.25, -0.2) is 18.6 Å². The molecule has 0 fully saturated rings. The Morgan fingerprint density at radius 1 is 1.26 bits per heavy atom. The summed E-state index contributed by atoms with van der Waals surface area (Å²) in [5.74, 6) is -2.36. The third-order valence-electron chi connectivity index (χ3n) is 2.43. The number of carboxylic acids is 1. The molecule has 2 rings (SSSR count). The lowest BCUT2D eigenvalue weighted by atomic mass is 10.2. The average molecular weight is 264 g/mol. The van der Waals surface area contributed by atoms with Crippen LogP contribution in [0.2, 0.25) is 0 Å². The van der Waals surface area contributed by atoms with Crippen molar-refractivity contribution in [2.75, 3.05) is 5.32 Å². The SMILES string of the molecule is O=C(O)c1cc(F)cnc1NCc1cccc(F)c1. The lowest BCUT2D eigenvalue weighted by Crippen LogP contribution is -2.09. The molecule has 0 saturated carbocycles. The van der Waals surface area contributed by atoms with E-state index >= 15 is 0 Å². The Balaban J connectivity index is 2.17. The number of hydrogen-bond donors (Lipinski definition) is 2. The van der Waals surface area contributed by atoms with Crippen LogP contribution in [0.3, 0.4) is 0 Å². The van der Waals surface area contributed by atoms with Crippen molar-refractivity contribution < 1.29 is 18.7 Å². The Morgan fingerprint density at radius 2 is 2.05 bits per heavy atom.